The molecule has 0 saturated carbocycles. The van der Waals surface area contributed by atoms with Gasteiger partial charge in [0.15, 0.2) is 0 Å². The molecule has 2 aromatic rings. The molecule has 1 unspecified atom stereocenters. The minimum absolute atomic E-state index is 0.213. The van der Waals surface area contributed by atoms with E-state index in [4.69, 9.17) is 4.84 Å². The summed E-state index contributed by atoms with van der Waals surface area (Å²) >= 11 is 0. The molecule has 2 aromatic carbocycles. The minimum atomic E-state index is 0.213. The highest BCUT2D eigenvalue weighted by Gasteiger charge is 2.20. The molecular weight excluding hydrogens is 234 g/mol. The topological polar surface area (TPSA) is 21.3 Å². The molecule has 0 aliphatic carbocycles. The number of nitrogens with one attached hydrogen (secondary N) is 1. The fraction of sp³-hybridized carbons (Fsp3) is 0.294. The molecule has 0 amide bonds. The normalized spacial score (nSPS) is 12.6. The number of rotatable bonds is 6. The Kier molecular flexibility index (Phi) is 5.13. The summed E-state index contributed by atoms with van der Waals surface area (Å²) in [5, 5.41) is 0. The Balaban J connectivity index is 2.29. The smallest absolute Gasteiger partial charge is 0.0654 e. The van der Waals surface area contributed by atoms with Crippen LogP contribution in [-0.2, 0) is 4.84 Å². The van der Waals surface area contributed by atoms with Crippen molar-refractivity contribution >= 4 is 0 Å². The van der Waals surface area contributed by atoms with Gasteiger partial charge in [0.05, 0.1) is 6.61 Å². The van der Waals surface area contributed by atoms with Crippen molar-refractivity contribution in [2.45, 2.75) is 25.8 Å². The number of hydrogen-bond donors (Lipinski definition) is 1. The van der Waals surface area contributed by atoms with Gasteiger partial charge in [-0.05, 0) is 25.0 Å². The second-order valence-electron chi connectivity index (χ2n) is 4.64. The maximum absolute atomic E-state index is 5.37. The highest BCUT2D eigenvalue weighted by atomic mass is 16.6. The Labute approximate surface area is 115 Å². The largest absolute Gasteiger partial charge is 0.302 e. The van der Waals surface area contributed by atoms with Crippen LogP contribution in [-0.4, -0.2) is 12.6 Å². The van der Waals surface area contributed by atoms with Crippen LogP contribution in [0.5, 0.6) is 0 Å². The first-order valence-corrected chi connectivity index (χ1v) is 6.80. The van der Waals surface area contributed by atoms with E-state index in [-0.39, 0.29) is 12.0 Å². The van der Waals surface area contributed by atoms with Gasteiger partial charge in [0.25, 0.3) is 0 Å². The SMILES string of the molecule is CCONC(C)C(c1ccccc1)c1ccccc1. The maximum Gasteiger partial charge on any atom is 0.0654 e. The van der Waals surface area contributed by atoms with Crippen LogP contribution in [0.2, 0.25) is 0 Å². The third kappa shape index (κ3) is 3.66. The highest BCUT2D eigenvalue weighted by Crippen LogP contribution is 2.27. The van der Waals surface area contributed by atoms with E-state index in [1.165, 1.54) is 11.1 Å². The van der Waals surface area contributed by atoms with E-state index in [9.17, 15) is 0 Å². The van der Waals surface area contributed by atoms with Gasteiger partial charge in [-0.1, -0.05) is 60.7 Å². The number of benzene rings is 2. The lowest BCUT2D eigenvalue weighted by atomic mass is 9.86. The van der Waals surface area contributed by atoms with Gasteiger partial charge in [-0.3, -0.25) is 0 Å². The second kappa shape index (κ2) is 7.07. The third-order valence-electron chi connectivity index (χ3n) is 3.23. The zero-order valence-electron chi connectivity index (χ0n) is 11.5. The molecule has 2 nitrogen and oxygen atoms in total. The Bertz CT molecular complexity index is 430. The molecule has 0 bridgehead atoms. The molecule has 19 heavy (non-hydrogen) atoms. The molecule has 0 aliphatic heterocycles. The lowest BCUT2D eigenvalue weighted by Crippen LogP contribution is -2.33. The lowest BCUT2D eigenvalue weighted by Gasteiger charge is -2.25. The van der Waals surface area contributed by atoms with E-state index in [2.05, 4.69) is 60.9 Å². The summed E-state index contributed by atoms with van der Waals surface area (Å²) in [5.41, 5.74) is 5.73. The molecule has 0 heterocycles. The maximum atomic E-state index is 5.37. The molecule has 2 heteroatoms. The zero-order chi connectivity index (χ0) is 13.5. The summed E-state index contributed by atoms with van der Waals surface area (Å²) < 4.78 is 0. The third-order valence-corrected chi connectivity index (χ3v) is 3.23. The number of hydroxylamine groups is 1. The number of hydrogen-bond acceptors (Lipinski definition) is 2. The first kappa shape index (κ1) is 13.8. The predicted octanol–water partition coefficient (Wildman–Crippen LogP) is 3.75. The summed E-state index contributed by atoms with van der Waals surface area (Å²) in [4.78, 5) is 5.37. The average molecular weight is 255 g/mol. The van der Waals surface area contributed by atoms with E-state index in [1.54, 1.807) is 0 Å². The molecule has 1 N–H and O–H groups in total. The average Bonchev–Trinajstić information content (AvgIpc) is 2.47. The molecule has 0 aromatic heterocycles. The van der Waals surface area contributed by atoms with Crippen LogP contribution in [0.3, 0.4) is 0 Å². The van der Waals surface area contributed by atoms with E-state index >= 15 is 0 Å². The Morgan fingerprint density at radius 2 is 1.37 bits per heavy atom. The molecule has 0 fully saturated rings. The Hall–Kier alpha value is -1.64. The molecule has 0 spiro atoms. The van der Waals surface area contributed by atoms with Crippen molar-refractivity contribution in [1.82, 2.24) is 5.48 Å². The van der Waals surface area contributed by atoms with Gasteiger partial charge in [-0.15, -0.1) is 0 Å². The molecule has 2 rings (SSSR count). The van der Waals surface area contributed by atoms with Crippen LogP contribution < -0.4 is 5.48 Å². The van der Waals surface area contributed by atoms with Crippen LogP contribution in [0.15, 0.2) is 60.7 Å². The van der Waals surface area contributed by atoms with Crippen LogP contribution in [0.4, 0.5) is 0 Å². The van der Waals surface area contributed by atoms with Crippen molar-refractivity contribution < 1.29 is 4.84 Å². The fourth-order valence-corrected chi connectivity index (χ4v) is 2.37. The van der Waals surface area contributed by atoms with Crippen molar-refractivity contribution in [3.8, 4) is 0 Å². The van der Waals surface area contributed by atoms with Crippen LogP contribution in [0, 0.1) is 0 Å². The van der Waals surface area contributed by atoms with E-state index in [1.807, 2.05) is 19.1 Å². The van der Waals surface area contributed by atoms with E-state index in [0.717, 1.165) is 0 Å². The van der Waals surface area contributed by atoms with Crippen LogP contribution in [0.25, 0.3) is 0 Å². The molecule has 100 valence electrons. The van der Waals surface area contributed by atoms with E-state index < -0.39 is 0 Å². The Morgan fingerprint density at radius 1 is 0.895 bits per heavy atom. The molecule has 0 saturated heterocycles. The summed E-state index contributed by atoms with van der Waals surface area (Å²) in [6.07, 6.45) is 0. The summed E-state index contributed by atoms with van der Waals surface area (Å²) in [6, 6.07) is 21.3. The molecular formula is C17H21NO. The van der Waals surface area contributed by atoms with Gasteiger partial charge in [0, 0.05) is 12.0 Å². The summed E-state index contributed by atoms with van der Waals surface area (Å²) in [7, 11) is 0. The molecule has 0 aliphatic rings. The van der Waals surface area contributed by atoms with Crippen molar-refractivity contribution in [3.05, 3.63) is 71.8 Å². The molecule has 1 atom stereocenters. The van der Waals surface area contributed by atoms with Gasteiger partial charge in [-0.25, -0.2) is 0 Å². The standard InChI is InChI=1S/C17H21NO/c1-3-19-18-14(2)17(15-10-6-4-7-11-15)16-12-8-5-9-13-16/h4-14,17-18H,3H2,1-2H3. The van der Waals surface area contributed by atoms with Gasteiger partial charge in [0.1, 0.15) is 0 Å². The summed E-state index contributed by atoms with van der Waals surface area (Å²) in [6.45, 7) is 4.81. The fourth-order valence-electron chi connectivity index (χ4n) is 2.37. The second-order valence-corrected chi connectivity index (χ2v) is 4.64. The van der Waals surface area contributed by atoms with Gasteiger partial charge in [-0.2, -0.15) is 5.48 Å². The summed E-state index contributed by atoms with van der Waals surface area (Å²) in [5.74, 6) is 0.286. The monoisotopic (exact) mass is 255 g/mol. The predicted molar refractivity (Wildman–Crippen MR) is 79.0 cm³/mol. The lowest BCUT2D eigenvalue weighted by molar-refractivity contribution is 0.0251. The quantitative estimate of drug-likeness (QED) is 0.794. The van der Waals surface area contributed by atoms with Crippen molar-refractivity contribution in [2.75, 3.05) is 6.61 Å². The minimum Gasteiger partial charge on any atom is -0.302 e. The van der Waals surface area contributed by atoms with E-state index in [0.29, 0.717) is 6.61 Å². The van der Waals surface area contributed by atoms with Gasteiger partial charge >= 0.3 is 0 Å². The van der Waals surface area contributed by atoms with Gasteiger partial charge < -0.3 is 4.84 Å². The van der Waals surface area contributed by atoms with Gasteiger partial charge in [0.2, 0.25) is 0 Å². The van der Waals surface area contributed by atoms with Crippen molar-refractivity contribution in [1.29, 1.82) is 0 Å². The zero-order valence-corrected chi connectivity index (χ0v) is 11.5. The first-order chi connectivity index (χ1) is 9.33. The highest BCUT2D eigenvalue weighted by molar-refractivity contribution is 5.33. The first-order valence-electron chi connectivity index (χ1n) is 6.80. The van der Waals surface area contributed by atoms with Crippen LogP contribution >= 0.6 is 0 Å². The Morgan fingerprint density at radius 3 is 1.79 bits per heavy atom. The molecule has 0 radical (unpaired) electrons. The van der Waals surface area contributed by atoms with Crippen molar-refractivity contribution in [3.63, 3.8) is 0 Å². The van der Waals surface area contributed by atoms with Crippen molar-refractivity contribution in [2.24, 2.45) is 0 Å². The van der Waals surface area contributed by atoms with Crippen LogP contribution in [0.1, 0.15) is 30.9 Å².